The van der Waals surface area contributed by atoms with Crippen LogP contribution in [-0.4, -0.2) is 12.1 Å². The first-order valence-electron chi connectivity index (χ1n) is 6.32. The van der Waals surface area contributed by atoms with E-state index in [1.807, 2.05) is 13.8 Å². The molecule has 1 aromatic carbocycles. The number of nitrogens with one attached hydrogen (secondary N) is 1. The molecule has 2 nitrogen and oxygen atoms in total. The smallest absolute Gasteiger partial charge is 0.148 e. The summed E-state index contributed by atoms with van der Waals surface area (Å²) in [6.45, 7) is 9.30. The van der Waals surface area contributed by atoms with E-state index < -0.39 is 0 Å². The van der Waals surface area contributed by atoms with E-state index in [-0.39, 0.29) is 6.10 Å². The van der Waals surface area contributed by atoms with Crippen molar-refractivity contribution in [2.24, 2.45) is 0 Å². The summed E-state index contributed by atoms with van der Waals surface area (Å²) in [5.41, 5.74) is 1.24. The van der Waals surface area contributed by atoms with E-state index in [4.69, 9.17) is 4.74 Å². The second-order valence-electron chi connectivity index (χ2n) is 4.75. The van der Waals surface area contributed by atoms with Crippen molar-refractivity contribution in [2.45, 2.75) is 52.8 Å². The Morgan fingerprint density at radius 3 is 2.17 bits per heavy atom. The molecule has 0 amide bonds. The van der Waals surface area contributed by atoms with Crippen molar-refractivity contribution in [3.05, 3.63) is 26.6 Å². The summed E-state index contributed by atoms with van der Waals surface area (Å²) in [4.78, 5) is 0. The van der Waals surface area contributed by atoms with Crippen LogP contribution in [0.2, 0.25) is 0 Å². The lowest BCUT2D eigenvalue weighted by molar-refractivity contribution is 0.239. The predicted molar refractivity (Wildman–Crippen MR) is 84.2 cm³/mol. The van der Waals surface area contributed by atoms with Gasteiger partial charge in [-0.3, -0.25) is 0 Å². The first-order valence-corrected chi connectivity index (χ1v) is 7.90. The van der Waals surface area contributed by atoms with Gasteiger partial charge in [-0.25, -0.2) is 0 Å². The van der Waals surface area contributed by atoms with Gasteiger partial charge >= 0.3 is 0 Å². The first kappa shape index (κ1) is 16.0. The van der Waals surface area contributed by atoms with Crippen molar-refractivity contribution >= 4 is 31.9 Å². The summed E-state index contributed by atoms with van der Waals surface area (Å²) in [7, 11) is 0. The number of benzene rings is 1. The normalized spacial score (nSPS) is 12.8. The fourth-order valence-electron chi connectivity index (χ4n) is 1.50. The molecule has 0 saturated heterocycles. The van der Waals surface area contributed by atoms with Crippen LogP contribution in [0, 0.1) is 0 Å². The number of hydrogen-bond donors (Lipinski definition) is 1. The molecular formula is C14H21Br2NO. The summed E-state index contributed by atoms with van der Waals surface area (Å²) >= 11 is 7.14. The molecule has 4 heteroatoms. The summed E-state index contributed by atoms with van der Waals surface area (Å²) < 4.78 is 7.75. The number of halogens is 2. The Bertz CT molecular complexity index is 370. The Balaban J connectivity index is 2.79. The molecule has 18 heavy (non-hydrogen) atoms. The minimum absolute atomic E-state index is 0.168. The maximum absolute atomic E-state index is 5.76. The molecule has 1 aromatic rings. The Kier molecular flexibility index (Phi) is 6.67. The van der Waals surface area contributed by atoms with Crippen LogP contribution >= 0.6 is 31.9 Å². The molecule has 0 spiro atoms. The molecule has 1 N–H and O–H groups in total. The van der Waals surface area contributed by atoms with Crippen molar-refractivity contribution in [3.8, 4) is 5.75 Å². The quantitative estimate of drug-likeness (QED) is 0.760. The molecule has 102 valence electrons. The minimum atomic E-state index is 0.168. The molecule has 0 unspecified atom stereocenters. The van der Waals surface area contributed by atoms with E-state index in [2.05, 4.69) is 63.2 Å². The highest BCUT2D eigenvalue weighted by molar-refractivity contribution is 9.11. The second kappa shape index (κ2) is 7.51. The zero-order chi connectivity index (χ0) is 13.7. The predicted octanol–water partition coefficient (Wildman–Crippen LogP) is 4.89. The lowest BCUT2D eigenvalue weighted by atomic mass is 10.2. The van der Waals surface area contributed by atoms with Crippen LogP contribution in [0.15, 0.2) is 21.1 Å². The zero-order valence-corrected chi connectivity index (χ0v) is 14.6. The van der Waals surface area contributed by atoms with E-state index in [1.54, 1.807) is 0 Å². The Morgan fingerprint density at radius 2 is 1.72 bits per heavy atom. The number of rotatable bonds is 6. The summed E-state index contributed by atoms with van der Waals surface area (Å²) in [6, 6.07) is 4.75. The molecule has 0 aliphatic carbocycles. The van der Waals surface area contributed by atoms with E-state index in [0.29, 0.717) is 6.04 Å². The van der Waals surface area contributed by atoms with Gasteiger partial charge in [-0.2, -0.15) is 0 Å². The Hall–Kier alpha value is -0.0600. The molecule has 1 atom stereocenters. The van der Waals surface area contributed by atoms with Crippen LogP contribution in [0.25, 0.3) is 0 Å². The van der Waals surface area contributed by atoms with Crippen LogP contribution in [0.5, 0.6) is 5.75 Å². The lowest BCUT2D eigenvalue weighted by Crippen LogP contribution is -2.24. The van der Waals surface area contributed by atoms with Crippen molar-refractivity contribution in [1.29, 1.82) is 0 Å². The van der Waals surface area contributed by atoms with Crippen LogP contribution < -0.4 is 10.1 Å². The van der Waals surface area contributed by atoms with Gasteiger partial charge in [-0.05, 0) is 76.7 Å². The van der Waals surface area contributed by atoms with Gasteiger partial charge in [-0.1, -0.05) is 6.92 Å². The van der Waals surface area contributed by atoms with Gasteiger partial charge in [0, 0.05) is 12.6 Å². The number of hydrogen-bond acceptors (Lipinski definition) is 2. The molecular weight excluding hydrogens is 358 g/mol. The standard InChI is InChI=1S/C14H21Br2NO/c1-5-10(4)17-8-11-6-12(15)14(13(16)7-11)18-9(2)3/h6-7,9-10,17H,5,8H2,1-4H3/t10-/m1/s1. The SMILES string of the molecule is CC[C@@H](C)NCc1cc(Br)c(OC(C)C)c(Br)c1. The minimum Gasteiger partial charge on any atom is -0.489 e. The van der Waals surface area contributed by atoms with Gasteiger partial charge in [0.2, 0.25) is 0 Å². The summed E-state index contributed by atoms with van der Waals surface area (Å²) in [5.74, 6) is 0.872. The van der Waals surface area contributed by atoms with Crippen LogP contribution in [0.4, 0.5) is 0 Å². The van der Waals surface area contributed by atoms with Gasteiger partial charge in [-0.15, -0.1) is 0 Å². The highest BCUT2D eigenvalue weighted by atomic mass is 79.9. The average Bonchev–Trinajstić information content (AvgIpc) is 2.30. The average molecular weight is 379 g/mol. The van der Waals surface area contributed by atoms with Gasteiger partial charge in [0.25, 0.3) is 0 Å². The molecule has 0 fully saturated rings. The van der Waals surface area contributed by atoms with Crippen molar-refractivity contribution in [3.63, 3.8) is 0 Å². The zero-order valence-electron chi connectivity index (χ0n) is 11.4. The Morgan fingerprint density at radius 1 is 1.17 bits per heavy atom. The number of ether oxygens (including phenoxy) is 1. The van der Waals surface area contributed by atoms with Crippen LogP contribution in [-0.2, 0) is 6.54 Å². The summed E-state index contributed by atoms with van der Waals surface area (Å²) in [5, 5.41) is 3.48. The van der Waals surface area contributed by atoms with Crippen molar-refractivity contribution in [1.82, 2.24) is 5.32 Å². The molecule has 0 heterocycles. The fraction of sp³-hybridized carbons (Fsp3) is 0.571. The molecule has 0 aliphatic heterocycles. The molecule has 0 aromatic heterocycles. The highest BCUT2D eigenvalue weighted by Gasteiger charge is 2.10. The topological polar surface area (TPSA) is 21.3 Å². The maximum Gasteiger partial charge on any atom is 0.148 e. The third kappa shape index (κ3) is 4.90. The molecule has 0 bridgehead atoms. The van der Waals surface area contributed by atoms with Gasteiger partial charge < -0.3 is 10.1 Å². The molecule has 1 rings (SSSR count). The van der Waals surface area contributed by atoms with Crippen LogP contribution in [0.1, 0.15) is 39.7 Å². The third-order valence-corrected chi connectivity index (χ3v) is 3.86. The molecule has 0 radical (unpaired) electrons. The van der Waals surface area contributed by atoms with Gasteiger partial charge in [0.1, 0.15) is 5.75 Å². The molecule has 0 aliphatic rings. The lowest BCUT2D eigenvalue weighted by Gasteiger charge is -2.16. The monoisotopic (exact) mass is 377 g/mol. The van der Waals surface area contributed by atoms with Gasteiger partial charge in [0.15, 0.2) is 0 Å². The van der Waals surface area contributed by atoms with E-state index in [1.165, 1.54) is 5.56 Å². The second-order valence-corrected chi connectivity index (χ2v) is 6.45. The largest absolute Gasteiger partial charge is 0.489 e. The third-order valence-electron chi connectivity index (χ3n) is 2.68. The fourth-order valence-corrected chi connectivity index (χ4v) is 2.97. The van der Waals surface area contributed by atoms with Crippen molar-refractivity contribution in [2.75, 3.05) is 0 Å². The molecule has 0 saturated carbocycles. The van der Waals surface area contributed by atoms with E-state index >= 15 is 0 Å². The highest BCUT2D eigenvalue weighted by Crippen LogP contribution is 2.35. The van der Waals surface area contributed by atoms with E-state index in [9.17, 15) is 0 Å². The van der Waals surface area contributed by atoms with Crippen molar-refractivity contribution < 1.29 is 4.74 Å². The Labute approximate surface area is 127 Å². The summed E-state index contributed by atoms with van der Waals surface area (Å²) in [6.07, 6.45) is 1.30. The van der Waals surface area contributed by atoms with E-state index in [0.717, 1.165) is 27.7 Å². The maximum atomic E-state index is 5.76. The van der Waals surface area contributed by atoms with Crippen LogP contribution in [0.3, 0.4) is 0 Å². The van der Waals surface area contributed by atoms with Gasteiger partial charge in [0.05, 0.1) is 15.0 Å². The first-order chi connectivity index (χ1) is 8.43.